The van der Waals surface area contributed by atoms with Gasteiger partial charge in [0.05, 0.1) is 12.3 Å². The molecule has 146 valence electrons. The average molecular weight is 383 g/mol. The number of nitrogens with zero attached hydrogens (tertiary/aromatic N) is 3. The number of benzene rings is 1. The summed E-state index contributed by atoms with van der Waals surface area (Å²) >= 11 is 0. The Morgan fingerprint density at radius 2 is 2.04 bits per heavy atom. The quantitative estimate of drug-likeness (QED) is 0.620. The third kappa shape index (κ3) is 2.61. The zero-order valence-corrected chi connectivity index (χ0v) is 15.3. The van der Waals surface area contributed by atoms with Gasteiger partial charge in [-0.15, -0.1) is 0 Å². The predicted octanol–water partition coefficient (Wildman–Crippen LogP) is 1.03. The first kappa shape index (κ1) is 17.6. The van der Waals surface area contributed by atoms with Gasteiger partial charge in [-0.2, -0.15) is 0 Å². The van der Waals surface area contributed by atoms with E-state index >= 15 is 0 Å². The molecule has 5 rings (SSSR count). The summed E-state index contributed by atoms with van der Waals surface area (Å²) in [6, 6.07) is 7.32. The van der Waals surface area contributed by atoms with Crippen LogP contribution in [0.4, 0.5) is 0 Å². The van der Waals surface area contributed by atoms with Gasteiger partial charge in [0, 0.05) is 18.0 Å². The van der Waals surface area contributed by atoms with Gasteiger partial charge in [-0.25, -0.2) is 9.97 Å². The Labute approximate surface area is 161 Å². The molecule has 0 radical (unpaired) electrons. The first-order valence-electron chi connectivity index (χ1n) is 9.28. The molecule has 0 spiro atoms. The van der Waals surface area contributed by atoms with E-state index in [1.54, 1.807) is 22.9 Å². The van der Waals surface area contributed by atoms with E-state index in [-0.39, 0.29) is 0 Å². The number of aliphatic hydroxyl groups excluding tert-OH is 3. The first-order valence-corrected chi connectivity index (χ1v) is 9.28. The summed E-state index contributed by atoms with van der Waals surface area (Å²) in [7, 11) is 0. The molecule has 8 heteroatoms. The van der Waals surface area contributed by atoms with Crippen LogP contribution >= 0.6 is 0 Å². The van der Waals surface area contributed by atoms with Crippen molar-refractivity contribution in [3.63, 3.8) is 0 Å². The number of ether oxygens (including phenoxy) is 2. The molecule has 0 aliphatic carbocycles. The van der Waals surface area contributed by atoms with Gasteiger partial charge in [0.1, 0.15) is 42.1 Å². The number of hydrogen-bond acceptors (Lipinski definition) is 7. The van der Waals surface area contributed by atoms with E-state index in [1.807, 2.05) is 19.1 Å². The molecule has 0 amide bonds. The number of fused-ring (bicyclic) bond motifs is 2. The van der Waals surface area contributed by atoms with Gasteiger partial charge in [0.2, 0.25) is 0 Å². The SMILES string of the molecule is Cc1ncnc2c1ccn2[C@@H]1O[C@H]([C@H](O)c2ccc3c(c2)OCC3)[C@@H](O)[C@H]1O. The van der Waals surface area contributed by atoms with Crippen molar-refractivity contribution in [2.75, 3.05) is 6.61 Å². The van der Waals surface area contributed by atoms with Crippen LogP contribution in [0, 0.1) is 6.92 Å². The Kier molecular flexibility index (Phi) is 4.09. The summed E-state index contributed by atoms with van der Waals surface area (Å²) in [6.45, 7) is 2.50. The van der Waals surface area contributed by atoms with Gasteiger partial charge in [-0.1, -0.05) is 12.1 Å². The van der Waals surface area contributed by atoms with Crippen molar-refractivity contribution in [2.24, 2.45) is 0 Å². The smallest absolute Gasteiger partial charge is 0.164 e. The van der Waals surface area contributed by atoms with Gasteiger partial charge >= 0.3 is 0 Å². The molecule has 2 aromatic heterocycles. The average Bonchev–Trinajstić information content (AvgIpc) is 3.40. The van der Waals surface area contributed by atoms with E-state index in [0.29, 0.717) is 17.8 Å². The molecule has 8 nitrogen and oxygen atoms in total. The first-order chi connectivity index (χ1) is 13.5. The van der Waals surface area contributed by atoms with Crippen LogP contribution in [0.5, 0.6) is 5.75 Å². The summed E-state index contributed by atoms with van der Waals surface area (Å²) in [6.07, 6.45) is -1.40. The lowest BCUT2D eigenvalue weighted by molar-refractivity contribution is -0.0848. The molecule has 0 unspecified atom stereocenters. The summed E-state index contributed by atoms with van der Waals surface area (Å²) in [5.74, 6) is 0.740. The Bertz CT molecular complexity index is 1040. The van der Waals surface area contributed by atoms with E-state index in [4.69, 9.17) is 9.47 Å². The maximum atomic E-state index is 10.8. The second kappa shape index (κ2) is 6.52. The highest BCUT2D eigenvalue weighted by Gasteiger charge is 2.47. The van der Waals surface area contributed by atoms with Crippen LogP contribution in [0.15, 0.2) is 36.8 Å². The normalized spacial score (nSPS) is 27.7. The highest BCUT2D eigenvalue weighted by atomic mass is 16.6. The van der Waals surface area contributed by atoms with Crippen LogP contribution < -0.4 is 4.74 Å². The molecule has 1 saturated heterocycles. The highest BCUT2D eigenvalue weighted by Crippen LogP contribution is 2.39. The molecule has 0 bridgehead atoms. The molecule has 2 aliphatic heterocycles. The van der Waals surface area contributed by atoms with Crippen molar-refractivity contribution in [3.05, 3.63) is 53.6 Å². The van der Waals surface area contributed by atoms with Crippen molar-refractivity contribution in [1.29, 1.82) is 0 Å². The summed E-state index contributed by atoms with van der Waals surface area (Å²) in [5.41, 5.74) is 3.08. The maximum absolute atomic E-state index is 10.8. The Morgan fingerprint density at radius 3 is 2.89 bits per heavy atom. The zero-order valence-electron chi connectivity index (χ0n) is 15.3. The number of hydrogen-bond donors (Lipinski definition) is 3. The highest BCUT2D eigenvalue weighted by molar-refractivity contribution is 5.78. The van der Waals surface area contributed by atoms with Crippen molar-refractivity contribution in [1.82, 2.24) is 14.5 Å². The molecule has 2 aliphatic rings. The third-order valence-electron chi connectivity index (χ3n) is 5.63. The topological polar surface area (TPSA) is 110 Å². The molecule has 4 heterocycles. The molecule has 3 aromatic rings. The fourth-order valence-electron chi connectivity index (χ4n) is 4.04. The van der Waals surface area contributed by atoms with E-state index in [2.05, 4.69) is 9.97 Å². The van der Waals surface area contributed by atoms with Crippen molar-refractivity contribution in [2.45, 2.75) is 44.0 Å². The Balaban J connectivity index is 1.45. The van der Waals surface area contributed by atoms with E-state index in [0.717, 1.165) is 28.8 Å². The van der Waals surface area contributed by atoms with E-state index in [1.165, 1.54) is 6.33 Å². The second-order valence-electron chi connectivity index (χ2n) is 7.30. The van der Waals surface area contributed by atoms with E-state index in [9.17, 15) is 15.3 Å². The van der Waals surface area contributed by atoms with Crippen LogP contribution in [-0.4, -0.2) is 54.8 Å². The lowest BCUT2D eigenvalue weighted by Gasteiger charge is -2.22. The van der Waals surface area contributed by atoms with Crippen LogP contribution in [-0.2, 0) is 11.2 Å². The Hall–Kier alpha value is -2.52. The molecule has 3 N–H and O–H groups in total. The molecule has 1 fully saturated rings. The molecule has 5 atom stereocenters. The zero-order chi connectivity index (χ0) is 19.4. The van der Waals surface area contributed by atoms with Crippen LogP contribution in [0.25, 0.3) is 11.0 Å². The summed E-state index contributed by atoms with van der Waals surface area (Å²) in [5, 5.41) is 32.8. The standard InChI is InChI=1S/C20H21N3O5/c1-10-13-4-6-23(19(13)22-9-21-10)20-17(26)16(25)18(28-20)15(24)12-3-2-11-5-7-27-14(11)8-12/h2-4,6,8-9,15-18,20,24-26H,5,7H2,1H3/t15-,16+,17-,18-,20-/m1/s1. The lowest BCUT2D eigenvalue weighted by Crippen LogP contribution is -2.34. The Morgan fingerprint density at radius 1 is 1.18 bits per heavy atom. The summed E-state index contributed by atoms with van der Waals surface area (Å²) in [4.78, 5) is 8.44. The largest absolute Gasteiger partial charge is 0.493 e. The second-order valence-corrected chi connectivity index (χ2v) is 7.30. The van der Waals surface area contributed by atoms with Gasteiger partial charge in [-0.3, -0.25) is 0 Å². The molecule has 1 aromatic carbocycles. The number of aliphatic hydroxyl groups is 3. The van der Waals surface area contributed by atoms with Crippen molar-refractivity contribution < 1.29 is 24.8 Å². The van der Waals surface area contributed by atoms with E-state index < -0.39 is 30.6 Å². The number of aryl methyl sites for hydroxylation is 1. The fourth-order valence-corrected chi connectivity index (χ4v) is 4.04. The third-order valence-corrected chi connectivity index (χ3v) is 5.63. The van der Waals surface area contributed by atoms with Crippen molar-refractivity contribution >= 4 is 11.0 Å². The molecule has 0 saturated carbocycles. The van der Waals surface area contributed by atoms with Gasteiger partial charge < -0.3 is 29.4 Å². The summed E-state index contributed by atoms with van der Waals surface area (Å²) < 4.78 is 13.1. The van der Waals surface area contributed by atoms with Gasteiger partial charge in [0.25, 0.3) is 0 Å². The monoisotopic (exact) mass is 383 g/mol. The number of aromatic nitrogens is 3. The minimum atomic E-state index is -1.26. The van der Waals surface area contributed by atoms with Crippen LogP contribution in [0.3, 0.4) is 0 Å². The molecular weight excluding hydrogens is 362 g/mol. The van der Waals surface area contributed by atoms with Gasteiger partial charge in [0.15, 0.2) is 6.23 Å². The fraction of sp³-hybridized carbons (Fsp3) is 0.400. The minimum Gasteiger partial charge on any atom is -0.493 e. The van der Waals surface area contributed by atoms with Crippen LogP contribution in [0.2, 0.25) is 0 Å². The minimum absolute atomic E-state index is 0.577. The maximum Gasteiger partial charge on any atom is 0.164 e. The molecular formula is C20H21N3O5. The predicted molar refractivity (Wildman–Crippen MR) is 98.8 cm³/mol. The lowest BCUT2D eigenvalue weighted by atomic mass is 9.98. The number of rotatable bonds is 3. The van der Waals surface area contributed by atoms with Gasteiger partial charge in [-0.05, 0) is 30.2 Å². The molecule has 28 heavy (non-hydrogen) atoms. The van der Waals surface area contributed by atoms with Crippen LogP contribution in [0.1, 0.15) is 29.2 Å². The van der Waals surface area contributed by atoms with Crippen molar-refractivity contribution in [3.8, 4) is 5.75 Å².